The van der Waals surface area contributed by atoms with Gasteiger partial charge in [0.15, 0.2) is 0 Å². The van der Waals surface area contributed by atoms with Crippen LogP contribution in [0.3, 0.4) is 0 Å². The standard InChI is InChI=1S/C9H12N2/c1-7-3-4-8(2)9(5-7)11-6-10/h9-10H,1-5H2. The molecule has 1 aliphatic carbocycles. The van der Waals surface area contributed by atoms with Gasteiger partial charge in [-0.3, -0.25) is 0 Å². The molecule has 1 saturated carbocycles. The zero-order valence-corrected chi connectivity index (χ0v) is 6.56. The van der Waals surface area contributed by atoms with Gasteiger partial charge in [0.1, 0.15) is 0 Å². The van der Waals surface area contributed by atoms with E-state index in [4.69, 9.17) is 5.41 Å². The molecule has 0 radical (unpaired) electrons. The summed E-state index contributed by atoms with van der Waals surface area (Å²) in [6, 6.07) is 2.14. The fraction of sp³-hybridized carbons (Fsp3) is 0.444. The lowest BCUT2D eigenvalue weighted by Crippen LogP contribution is -2.13. The molecule has 0 heterocycles. The number of nitrogens with zero attached hydrogens (tertiary/aromatic N) is 1. The summed E-state index contributed by atoms with van der Waals surface area (Å²) < 4.78 is 0. The summed E-state index contributed by atoms with van der Waals surface area (Å²) >= 11 is 0. The van der Waals surface area contributed by atoms with Gasteiger partial charge in [-0.05, 0) is 19.3 Å². The van der Waals surface area contributed by atoms with Crippen molar-refractivity contribution in [1.82, 2.24) is 0 Å². The predicted molar refractivity (Wildman–Crippen MR) is 46.1 cm³/mol. The number of aliphatic imine (C=N–C) groups is 1. The number of nitrogens with one attached hydrogen (secondary N) is 1. The van der Waals surface area contributed by atoms with E-state index in [2.05, 4.69) is 24.2 Å². The Kier molecular flexibility index (Phi) is 2.40. The molecule has 1 N–H and O–H groups in total. The van der Waals surface area contributed by atoms with Crippen LogP contribution in [0, 0.1) is 5.41 Å². The van der Waals surface area contributed by atoms with Gasteiger partial charge >= 0.3 is 0 Å². The summed E-state index contributed by atoms with van der Waals surface area (Å²) in [4.78, 5) is 3.87. The molecule has 2 heteroatoms. The zero-order chi connectivity index (χ0) is 8.27. The van der Waals surface area contributed by atoms with Crippen molar-refractivity contribution in [3.63, 3.8) is 0 Å². The molecule has 0 saturated heterocycles. The maximum Gasteiger partial charge on any atom is 0.0868 e. The molecule has 1 unspecified atom stereocenters. The minimum absolute atomic E-state index is 0.0775. The molecule has 0 spiro atoms. The SMILES string of the molecule is C=C1CCC(=C)C(N=C=N)C1. The molecule has 2 nitrogen and oxygen atoms in total. The fourth-order valence-electron chi connectivity index (χ4n) is 1.24. The lowest BCUT2D eigenvalue weighted by molar-refractivity contribution is 0.646. The van der Waals surface area contributed by atoms with E-state index in [-0.39, 0.29) is 6.04 Å². The van der Waals surface area contributed by atoms with Crippen molar-refractivity contribution < 1.29 is 0 Å². The van der Waals surface area contributed by atoms with Gasteiger partial charge in [0.25, 0.3) is 0 Å². The minimum atomic E-state index is 0.0775. The van der Waals surface area contributed by atoms with E-state index in [0.717, 1.165) is 24.8 Å². The molecular formula is C9H12N2. The maximum absolute atomic E-state index is 6.71. The normalized spacial score (nSPS) is 24.5. The Morgan fingerprint density at radius 3 is 2.82 bits per heavy atom. The Balaban J connectivity index is 2.68. The molecule has 1 fully saturated rings. The van der Waals surface area contributed by atoms with E-state index in [1.165, 1.54) is 5.57 Å². The van der Waals surface area contributed by atoms with Crippen LogP contribution in [-0.2, 0) is 0 Å². The van der Waals surface area contributed by atoms with Crippen molar-refractivity contribution in [2.75, 3.05) is 0 Å². The minimum Gasteiger partial charge on any atom is -0.242 e. The quantitative estimate of drug-likeness (QED) is 0.438. The van der Waals surface area contributed by atoms with Gasteiger partial charge in [-0.25, -0.2) is 10.4 Å². The smallest absolute Gasteiger partial charge is 0.0868 e. The zero-order valence-electron chi connectivity index (χ0n) is 6.56. The first-order chi connectivity index (χ1) is 5.24. The van der Waals surface area contributed by atoms with Gasteiger partial charge in [-0.15, -0.1) is 0 Å². The van der Waals surface area contributed by atoms with Crippen LogP contribution in [0.15, 0.2) is 29.3 Å². The number of hydrogen-bond donors (Lipinski definition) is 1. The molecule has 0 amide bonds. The average molecular weight is 148 g/mol. The van der Waals surface area contributed by atoms with Crippen LogP contribution in [0.5, 0.6) is 0 Å². The van der Waals surface area contributed by atoms with Crippen LogP contribution in [0.2, 0.25) is 0 Å². The summed E-state index contributed by atoms with van der Waals surface area (Å²) in [5.41, 5.74) is 2.32. The van der Waals surface area contributed by atoms with Gasteiger partial charge in [0.05, 0.1) is 12.1 Å². The van der Waals surface area contributed by atoms with Crippen LogP contribution >= 0.6 is 0 Å². The highest BCUT2D eigenvalue weighted by Gasteiger charge is 2.17. The molecule has 0 aromatic rings. The Morgan fingerprint density at radius 2 is 2.18 bits per heavy atom. The number of rotatable bonds is 1. The fourth-order valence-corrected chi connectivity index (χ4v) is 1.24. The summed E-state index contributed by atoms with van der Waals surface area (Å²) in [5, 5.41) is 6.71. The van der Waals surface area contributed by atoms with E-state index >= 15 is 0 Å². The van der Waals surface area contributed by atoms with Gasteiger partial charge in [-0.2, -0.15) is 0 Å². The lowest BCUT2D eigenvalue weighted by Gasteiger charge is -2.21. The Labute approximate surface area is 66.9 Å². The van der Waals surface area contributed by atoms with Gasteiger partial charge in [0.2, 0.25) is 0 Å². The summed E-state index contributed by atoms with van der Waals surface area (Å²) in [6.07, 6.45) is 2.85. The van der Waals surface area contributed by atoms with E-state index < -0.39 is 0 Å². The van der Waals surface area contributed by atoms with Crippen molar-refractivity contribution in [2.24, 2.45) is 4.99 Å². The van der Waals surface area contributed by atoms with Gasteiger partial charge in [0, 0.05) is 0 Å². The lowest BCUT2D eigenvalue weighted by atomic mass is 9.88. The van der Waals surface area contributed by atoms with Crippen molar-refractivity contribution in [3.05, 3.63) is 24.3 Å². The maximum atomic E-state index is 6.71. The molecule has 1 rings (SSSR count). The monoisotopic (exact) mass is 148 g/mol. The summed E-state index contributed by atoms with van der Waals surface area (Å²) in [6.45, 7) is 7.78. The third-order valence-corrected chi connectivity index (χ3v) is 1.97. The van der Waals surface area contributed by atoms with E-state index in [1.54, 1.807) is 0 Å². The van der Waals surface area contributed by atoms with Crippen LogP contribution in [0.1, 0.15) is 19.3 Å². The average Bonchev–Trinajstić information content (AvgIpc) is 1.98. The second-order valence-corrected chi connectivity index (χ2v) is 2.87. The first-order valence-corrected chi connectivity index (χ1v) is 3.70. The molecule has 58 valence electrons. The molecule has 0 aliphatic heterocycles. The Morgan fingerprint density at radius 1 is 1.45 bits per heavy atom. The van der Waals surface area contributed by atoms with Crippen molar-refractivity contribution in [1.29, 1.82) is 5.41 Å². The molecule has 1 aliphatic rings. The van der Waals surface area contributed by atoms with Crippen molar-refractivity contribution >= 4 is 6.01 Å². The largest absolute Gasteiger partial charge is 0.242 e. The van der Waals surface area contributed by atoms with Crippen LogP contribution in [-0.4, -0.2) is 12.1 Å². The predicted octanol–water partition coefficient (Wildman–Crippen LogP) is 2.40. The highest BCUT2D eigenvalue weighted by molar-refractivity contribution is 5.38. The van der Waals surface area contributed by atoms with Gasteiger partial charge < -0.3 is 0 Å². The molecule has 1 atom stereocenters. The molecule has 0 bridgehead atoms. The third kappa shape index (κ3) is 1.89. The molecular weight excluding hydrogens is 136 g/mol. The first kappa shape index (κ1) is 7.96. The van der Waals surface area contributed by atoms with E-state index in [9.17, 15) is 0 Å². The van der Waals surface area contributed by atoms with E-state index in [0.29, 0.717) is 0 Å². The first-order valence-electron chi connectivity index (χ1n) is 3.70. The van der Waals surface area contributed by atoms with E-state index in [1.807, 2.05) is 0 Å². The van der Waals surface area contributed by atoms with Crippen LogP contribution in [0.25, 0.3) is 0 Å². The van der Waals surface area contributed by atoms with Gasteiger partial charge in [-0.1, -0.05) is 24.3 Å². The summed E-state index contributed by atoms with van der Waals surface area (Å²) in [5.74, 6) is 0. The topological polar surface area (TPSA) is 36.2 Å². The Bertz CT molecular complexity index is 234. The van der Waals surface area contributed by atoms with Crippen LogP contribution < -0.4 is 0 Å². The highest BCUT2D eigenvalue weighted by Crippen LogP contribution is 2.27. The third-order valence-electron chi connectivity index (χ3n) is 1.97. The second-order valence-electron chi connectivity index (χ2n) is 2.87. The molecule has 11 heavy (non-hydrogen) atoms. The number of hydrogen-bond acceptors (Lipinski definition) is 2. The van der Waals surface area contributed by atoms with Crippen molar-refractivity contribution in [3.8, 4) is 0 Å². The summed E-state index contributed by atoms with van der Waals surface area (Å²) in [7, 11) is 0. The van der Waals surface area contributed by atoms with Crippen molar-refractivity contribution in [2.45, 2.75) is 25.3 Å². The second kappa shape index (κ2) is 3.31. The molecule has 0 aromatic heterocycles. The van der Waals surface area contributed by atoms with Crippen LogP contribution in [0.4, 0.5) is 0 Å². The molecule has 0 aromatic carbocycles. The Hall–Kier alpha value is -1.14. The highest BCUT2D eigenvalue weighted by atomic mass is 14.8.